The van der Waals surface area contributed by atoms with Crippen LogP contribution in [0, 0.1) is 24.5 Å². The summed E-state index contributed by atoms with van der Waals surface area (Å²) in [6, 6.07) is 2.27. The lowest BCUT2D eigenvalue weighted by Crippen LogP contribution is -2.01. The van der Waals surface area contributed by atoms with Crippen molar-refractivity contribution < 1.29 is 13.2 Å². The number of nitrogens with zero attached hydrogens (tertiary/aromatic N) is 3. The molecule has 0 aliphatic rings. The maximum absolute atomic E-state index is 13.8. The van der Waals surface area contributed by atoms with E-state index in [1.165, 1.54) is 23.7 Å². The Hall–Kier alpha value is -2.37. The highest BCUT2D eigenvalue weighted by Crippen LogP contribution is 2.19. The van der Waals surface area contributed by atoms with Crippen LogP contribution >= 0.6 is 0 Å². The van der Waals surface area contributed by atoms with Crippen LogP contribution in [0.2, 0.25) is 0 Å². The molecule has 1 aromatic carbocycles. The topological polar surface area (TPSA) is 30.2 Å². The third kappa shape index (κ3) is 2.03. The van der Waals surface area contributed by atoms with E-state index in [-0.39, 0.29) is 17.5 Å². The standard InChI is InChI=1S/C14H10F3N3/c1-8-4-11(16)9(5-10(8)15)6-12-14-19-7-13(17)20(14)3-2-18-12/h2-5,7H,6H2,1H3. The molecule has 3 nitrogen and oxygen atoms in total. The molecule has 3 aromatic rings. The molecule has 0 unspecified atom stereocenters. The second kappa shape index (κ2) is 4.63. The van der Waals surface area contributed by atoms with E-state index in [0.717, 1.165) is 18.3 Å². The zero-order valence-electron chi connectivity index (χ0n) is 10.6. The van der Waals surface area contributed by atoms with Gasteiger partial charge in [-0.15, -0.1) is 0 Å². The maximum Gasteiger partial charge on any atom is 0.218 e. The molecule has 0 spiro atoms. The monoisotopic (exact) mass is 277 g/mol. The molecule has 0 bridgehead atoms. The van der Waals surface area contributed by atoms with Gasteiger partial charge in [0.2, 0.25) is 5.95 Å². The summed E-state index contributed by atoms with van der Waals surface area (Å²) in [5, 5.41) is 0. The van der Waals surface area contributed by atoms with Crippen LogP contribution in [0.5, 0.6) is 0 Å². The lowest BCUT2D eigenvalue weighted by atomic mass is 10.1. The first-order valence-electron chi connectivity index (χ1n) is 5.97. The molecule has 0 N–H and O–H groups in total. The fourth-order valence-electron chi connectivity index (χ4n) is 2.07. The number of fused-ring (bicyclic) bond motifs is 1. The van der Waals surface area contributed by atoms with Crippen molar-refractivity contribution >= 4 is 5.65 Å². The molecule has 6 heteroatoms. The summed E-state index contributed by atoms with van der Waals surface area (Å²) >= 11 is 0. The average Bonchev–Trinajstić information content (AvgIpc) is 2.79. The molecule has 0 atom stereocenters. The Morgan fingerprint density at radius 1 is 1.10 bits per heavy atom. The molecule has 0 saturated carbocycles. The SMILES string of the molecule is Cc1cc(F)c(Cc2nccn3c(F)cnc23)cc1F. The first kappa shape index (κ1) is 12.7. The number of hydrogen-bond donors (Lipinski definition) is 0. The van der Waals surface area contributed by atoms with Crippen LogP contribution in [-0.4, -0.2) is 14.4 Å². The second-order valence-electron chi connectivity index (χ2n) is 4.52. The van der Waals surface area contributed by atoms with E-state index in [1.54, 1.807) is 0 Å². The predicted molar refractivity (Wildman–Crippen MR) is 66.8 cm³/mol. The van der Waals surface area contributed by atoms with Crippen molar-refractivity contribution in [2.45, 2.75) is 13.3 Å². The van der Waals surface area contributed by atoms with Gasteiger partial charge >= 0.3 is 0 Å². The number of imidazole rings is 1. The lowest BCUT2D eigenvalue weighted by molar-refractivity contribution is 0.571. The van der Waals surface area contributed by atoms with Gasteiger partial charge in [-0.1, -0.05) is 0 Å². The molecular weight excluding hydrogens is 267 g/mol. The minimum absolute atomic E-state index is 0.0455. The molecule has 20 heavy (non-hydrogen) atoms. The zero-order valence-corrected chi connectivity index (χ0v) is 10.6. The predicted octanol–water partition coefficient (Wildman–Crippen LogP) is 3.05. The highest BCUT2D eigenvalue weighted by atomic mass is 19.1. The Kier molecular flexibility index (Phi) is 2.93. The number of aryl methyl sites for hydroxylation is 1. The van der Waals surface area contributed by atoms with Crippen molar-refractivity contribution in [1.29, 1.82) is 0 Å². The Morgan fingerprint density at radius 3 is 2.70 bits per heavy atom. The summed E-state index contributed by atoms with van der Waals surface area (Å²) in [5.41, 5.74) is 1.09. The summed E-state index contributed by atoms with van der Waals surface area (Å²) in [6.07, 6.45) is 3.93. The number of rotatable bonds is 2. The summed E-state index contributed by atoms with van der Waals surface area (Å²) in [6.45, 7) is 1.49. The largest absolute Gasteiger partial charge is 0.273 e. The molecule has 0 amide bonds. The van der Waals surface area contributed by atoms with Crippen molar-refractivity contribution in [1.82, 2.24) is 14.4 Å². The van der Waals surface area contributed by atoms with Gasteiger partial charge in [0.05, 0.1) is 11.9 Å². The van der Waals surface area contributed by atoms with Crippen molar-refractivity contribution in [2.75, 3.05) is 0 Å². The van der Waals surface area contributed by atoms with Crippen LogP contribution in [0.15, 0.2) is 30.7 Å². The van der Waals surface area contributed by atoms with Crippen LogP contribution in [-0.2, 0) is 6.42 Å². The van der Waals surface area contributed by atoms with Crippen LogP contribution in [0.3, 0.4) is 0 Å². The molecule has 102 valence electrons. The van der Waals surface area contributed by atoms with Gasteiger partial charge in [0.1, 0.15) is 11.6 Å². The highest BCUT2D eigenvalue weighted by Gasteiger charge is 2.13. The molecule has 2 aromatic heterocycles. The van der Waals surface area contributed by atoms with E-state index >= 15 is 0 Å². The van der Waals surface area contributed by atoms with Crippen molar-refractivity contribution in [3.05, 3.63) is 65.1 Å². The smallest absolute Gasteiger partial charge is 0.218 e. The molecule has 0 saturated heterocycles. The van der Waals surface area contributed by atoms with Gasteiger partial charge in [-0.3, -0.25) is 9.38 Å². The molecule has 0 radical (unpaired) electrons. The van der Waals surface area contributed by atoms with E-state index in [2.05, 4.69) is 9.97 Å². The van der Waals surface area contributed by atoms with Crippen molar-refractivity contribution in [2.24, 2.45) is 0 Å². The zero-order chi connectivity index (χ0) is 14.3. The molecule has 0 aliphatic heterocycles. The van der Waals surface area contributed by atoms with E-state index < -0.39 is 17.6 Å². The Bertz CT molecular complexity index is 796. The van der Waals surface area contributed by atoms with Crippen molar-refractivity contribution in [3.8, 4) is 0 Å². The fourth-order valence-corrected chi connectivity index (χ4v) is 2.07. The molecule has 0 aliphatic carbocycles. The van der Waals surface area contributed by atoms with Crippen LogP contribution in [0.4, 0.5) is 13.2 Å². The van der Waals surface area contributed by atoms with Gasteiger partial charge in [-0.05, 0) is 30.2 Å². The van der Waals surface area contributed by atoms with Crippen LogP contribution < -0.4 is 0 Å². The summed E-state index contributed by atoms with van der Waals surface area (Å²) in [4.78, 5) is 7.96. The lowest BCUT2D eigenvalue weighted by Gasteiger charge is -2.06. The van der Waals surface area contributed by atoms with Gasteiger partial charge in [0.15, 0.2) is 5.65 Å². The second-order valence-corrected chi connectivity index (χ2v) is 4.52. The Balaban J connectivity index is 2.08. The van der Waals surface area contributed by atoms with Gasteiger partial charge in [0.25, 0.3) is 0 Å². The highest BCUT2D eigenvalue weighted by molar-refractivity contribution is 5.46. The van der Waals surface area contributed by atoms with E-state index in [1.807, 2.05) is 0 Å². The number of aromatic nitrogens is 3. The third-order valence-electron chi connectivity index (χ3n) is 3.14. The average molecular weight is 277 g/mol. The number of hydrogen-bond acceptors (Lipinski definition) is 2. The van der Waals surface area contributed by atoms with Gasteiger partial charge in [0, 0.05) is 18.8 Å². The van der Waals surface area contributed by atoms with E-state index in [0.29, 0.717) is 11.3 Å². The van der Waals surface area contributed by atoms with E-state index in [9.17, 15) is 13.2 Å². The molecule has 3 rings (SSSR count). The maximum atomic E-state index is 13.8. The normalized spacial score (nSPS) is 11.2. The Morgan fingerprint density at radius 2 is 1.90 bits per heavy atom. The van der Waals surface area contributed by atoms with Gasteiger partial charge in [-0.25, -0.2) is 13.8 Å². The number of halogens is 3. The summed E-state index contributed by atoms with van der Waals surface area (Å²) < 4.78 is 42.0. The Labute approximate surface area is 112 Å². The number of benzene rings is 1. The van der Waals surface area contributed by atoms with Gasteiger partial charge in [-0.2, -0.15) is 4.39 Å². The fraction of sp³-hybridized carbons (Fsp3) is 0.143. The summed E-state index contributed by atoms with van der Waals surface area (Å²) in [5.74, 6) is -1.53. The third-order valence-corrected chi connectivity index (χ3v) is 3.14. The first-order valence-corrected chi connectivity index (χ1v) is 5.97. The van der Waals surface area contributed by atoms with Crippen molar-refractivity contribution in [3.63, 3.8) is 0 Å². The van der Waals surface area contributed by atoms with Gasteiger partial charge < -0.3 is 0 Å². The minimum Gasteiger partial charge on any atom is -0.273 e. The minimum atomic E-state index is -0.529. The molecule has 2 heterocycles. The quantitative estimate of drug-likeness (QED) is 0.720. The molecule has 0 fully saturated rings. The van der Waals surface area contributed by atoms with E-state index in [4.69, 9.17) is 0 Å². The summed E-state index contributed by atoms with van der Waals surface area (Å²) in [7, 11) is 0. The van der Waals surface area contributed by atoms with Crippen LogP contribution in [0.25, 0.3) is 5.65 Å². The first-order chi connectivity index (χ1) is 9.56. The van der Waals surface area contributed by atoms with Crippen LogP contribution in [0.1, 0.15) is 16.8 Å². The molecular formula is C14H10F3N3.